The molecule has 1 aromatic carbocycles. The summed E-state index contributed by atoms with van der Waals surface area (Å²) in [4.78, 5) is 10.6. The zero-order valence-corrected chi connectivity index (χ0v) is 11.5. The van der Waals surface area contributed by atoms with Crippen molar-refractivity contribution < 1.29 is 22.1 Å². The summed E-state index contributed by atoms with van der Waals surface area (Å²) in [6, 6.07) is 6.17. The predicted molar refractivity (Wildman–Crippen MR) is 65.7 cm³/mol. The van der Waals surface area contributed by atoms with Gasteiger partial charge in [0.15, 0.2) is 5.56 Å². The van der Waals surface area contributed by atoms with Gasteiger partial charge in [-0.05, 0) is 19.1 Å². The average Bonchev–Trinajstić information content (AvgIpc) is 2.26. The molecule has 1 rings (SSSR count). The molecule has 5 nitrogen and oxygen atoms in total. The number of rotatable bonds is 5. The van der Waals surface area contributed by atoms with Gasteiger partial charge in [-0.2, -0.15) is 8.42 Å². The smallest absolute Gasteiger partial charge is 0.304 e. The first kappa shape index (κ1) is 14.9. The fourth-order valence-corrected chi connectivity index (χ4v) is 2.30. The SMILES string of the molecule is CC(=O)O[C@@H](Cl)COS(=O)(=O)c1ccc(C)cc1. The van der Waals surface area contributed by atoms with Crippen molar-refractivity contribution >= 4 is 27.7 Å². The van der Waals surface area contributed by atoms with Crippen LogP contribution in [0.4, 0.5) is 0 Å². The molecule has 0 aliphatic carbocycles. The van der Waals surface area contributed by atoms with Crippen molar-refractivity contribution in [2.24, 2.45) is 0 Å². The van der Waals surface area contributed by atoms with Crippen LogP contribution in [-0.2, 0) is 23.8 Å². The molecule has 0 heterocycles. The zero-order valence-electron chi connectivity index (χ0n) is 9.92. The van der Waals surface area contributed by atoms with Gasteiger partial charge in [-0.3, -0.25) is 8.98 Å². The highest BCUT2D eigenvalue weighted by Crippen LogP contribution is 2.14. The van der Waals surface area contributed by atoms with Crippen LogP contribution in [0, 0.1) is 6.92 Å². The summed E-state index contributed by atoms with van der Waals surface area (Å²) < 4.78 is 32.6. The minimum Gasteiger partial charge on any atom is -0.444 e. The van der Waals surface area contributed by atoms with Crippen LogP contribution in [0.2, 0.25) is 0 Å². The van der Waals surface area contributed by atoms with E-state index < -0.39 is 28.3 Å². The molecule has 1 atom stereocenters. The molecule has 7 heteroatoms. The van der Waals surface area contributed by atoms with E-state index in [4.69, 9.17) is 11.6 Å². The third-order valence-electron chi connectivity index (χ3n) is 1.96. The fraction of sp³-hybridized carbons (Fsp3) is 0.364. The Morgan fingerprint density at radius 1 is 1.33 bits per heavy atom. The number of esters is 1. The maximum atomic E-state index is 11.7. The van der Waals surface area contributed by atoms with Gasteiger partial charge < -0.3 is 4.74 Å². The van der Waals surface area contributed by atoms with E-state index in [0.29, 0.717) is 0 Å². The summed E-state index contributed by atoms with van der Waals surface area (Å²) in [5.74, 6) is -0.605. The minimum atomic E-state index is -3.88. The molecule has 0 spiro atoms. The van der Waals surface area contributed by atoms with E-state index >= 15 is 0 Å². The first-order valence-corrected chi connectivity index (χ1v) is 6.93. The molecule has 0 fully saturated rings. The van der Waals surface area contributed by atoms with Crippen LogP contribution in [0.15, 0.2) is 29.2 Å². The largest absolute Gasteiger partial charge is 0.444 e. The number of hydrogen-bond acceptors (Lipinski definition) is 5. The van der Waals surface area contributed by atoms with Crippen LogP contribution in [0.3, 0.4) is 0 Å². The lowest BCUT2D eigenvalue weighted by Gasteiger charge is -2.10. The van der Waals surface area contributed by atoms with Crippen LogP contribution >= 0.6 is 11.6 Å². The van der Waals surface area contributed by atoms with E-state index in [9.17, 15) is 13.2 Å². The van der Waals surface area contributed by atoms with Crippen molar-refractivity contribution in [2.75, 3.05) is 6.61 Å². The topological polar surface area (TPSA) is 69.7 Å². The standard InChI is InChI=1S/C11H13ClO5S/c1-8-3-5-10(6-4-8)18(14,15)16-7-11(12)17-9(2)13/h3-6,11H,7H2,1-2H3/t11-/m1/s1. The number of carbonyl (C=O) groups excluding carboxylic acids is 1. The zero-order chi connectivity index (χ0) is 13.8. The molecular formula is C11H13ClO5S. The predicted octanol–water partition coefficient (Wildman–Crippen LogP) is 1.83. The fourth-order valence-electron chi connectivity index (χ4n) is 1.13. The number of carbonyl (C=O) groups is 1. The van der Waals surface area contributed by atoms with Crippen molar-refractivity contribution in [3.8, 4) is 0 Å². The molecule has 18 heavy (non-hydrogen) atoms. The van der Waals surface area contributed by atoms with Gasteiger partial charge in [0.1, 0.15) is 6.61 Å². The van der Waals surface area contributed by atoms with Crippen molar-refractivity contribution in [2.45, 2.75) is 24.3 Å². The van der Waals surface area contributed by atoms with Crippen LogP contribution in [0.5, 0.6) is 0 Å². The van der Waals surface area contributed by atoms with E-state index in [1.807, 2.05) is 6.92 Å². The number of aryl methyl sites for hydroxylation is 1. The number of halogens is 1. The number of ether oxygens (including phenoxy) is 1. The van der Waals surface area contributed by atoms with Gasteiger partial charge in [-0.25, -0.2) is 0 Å². The highest BCUT2D eigenvalue weighted by atomic mass is 35.5. The highest BCUT2D eigenvalue weighted by Gasteiger charge is 2.18. The molecule has 0 N–H and O–H groups in total. The second kappa shape index (κ2) is 6.17. The van der Waals surface area contributed by atoms with Gasteiger partial charge in [-0.1, -0.05) is 29.3 Å². The molecule has 0 aliphatic rings. The van der Waals surface area contributed by atoms with Crippen molar-refractivity contribution in [3.63, 3.8) is 0 Å². The summed E-state index contributed by atoms with van der Waals surface area (Å²) >= 11 is 5.56. The van der Waals surface area contributed by atoms with Crippen LogP contribution in [0.1, 0.15) is 12.5 Å². The van der Waals surface area contributed by atoms with E-state index in [2.05, 4.69) is 8.92 Å². The van der Waals surface area contributed by atoms with Gasteiger partial charge in [0.2, 0.25) is 0 Å². The van der Waals surface area contributed by atoms with Crippen molar-refractivity contribution in [1.82, 2.24) is 0 Å². The molecule has 100 valence electrons. The lowest BCUT2D eigenvalue weighted by molar-refractivity contribution is -0.143. The first-order chi connectivity index (χ1) is 8.31. The molecular weight excluding hydrogens is 280 g/mol. The van der Waals surface area contributed by atoms with Crippen LogP contribution < -0.4 is 0 Å². The molecule has 0 radical (unpaired) electrons. The third kappa shape index (κ3) is 4.64. The van der Waals surface area contributed by atoms with Gasteiger partial charge in [-0.15, -0.1) is 0 Å². The average molecular weight is 293 g/mol. The molecule has 0 saturated heterocycles. The summed E-state index contributed by atoms with van der Waals surface area (Å²) in [5.41, 5.74) is -0.202. The minimum absolute atomic E-state index is 0.0276. The molecule has 0 unspecified atom stereocenters. The maximum Gasteiger partial charge on any atom is 0.304 e. The summed E-state index contributed by atoms with van der Waals surface area (Å²) in [6.07, 6.45) is 0. The Hall–Kier alpha value is -1.11. The molecule has 0 aliphatic heterocycles. The van der Waals surface area contributed by atoms with Crippen LogP contribution in [-0.4, -0.2) is 26.6 Å². The Labute approximate surface area is 111 Å². The van der Waals surface area contributed by atoms with Crippen LogP contribution in [0.25, 0.3) is 0 Å². The monoisotopic (exact) mass is 292 g/mol. The van der Waals surface area contributed by atoms with Crippen molar-refractivity contribution in [3.05, 3.63) is 29.8 Å². The molecule has 0 saturated carbocycles. The Kier molecular flexibility index (Phi) is 5.13. The Bertz CT molecular complexity index is 509. The van der Waals surface area contributed by atoms with Gasteiger partial charge in [0.25, 0.3) is 10.1 Å². The summed E-state index contributed by atoms with van der Waals surface area (Å²) in [7, 11) is -3.88. The maximum absolute atomic E-state index is 11.7. The van der Waals surface area contributed by atoms with E-state index in [1.54, 1.807) is 12.1 Å². The second-order valence-corrected chi connectivity index (χ2v) is 5.67. The summed E-state index contributed by atoms with van der Waals surface area (Å²) in [5, 5.41) is 0. The van der Waals surface area contributed by atoms with Gasteiger partial charge >= 0.3 is 5.97 Å². The van der Waals surface area contributed by atoms with E-state index in [0.717, 1.165) is 5.56 Å². The normalized spacial score (nSPS) is 13.1. The molecule has 0 amide bonds. The Balaban J connectivity index is 2.65. The molecule has 0 bridgehead atoms. The quantitative estimate of drug-likeness (QED) is 0.470. The Morgan fingerprint density at radius 3 is 2.39 bits per heavy atom. The van der Waals surface area contributed by atoms with Gasteiger partial charge in [0, 0.05) is 6.92 Å². The summed E-state index contributed by atoms with van der Waals surface area (Å²) in [6.45, 7) is 2.58. The first-order valence-electron chi connectivity index (χ1n) is 5.08. The second-order valence-electron chi connectivity index (χ2n) is 3.57. The van der Waals surface area contributed by atoms with Gasteiger partial charge in [0.05, 0.1) is 4.90 Å². The Morgan fingerprint density at radius 2 is 1.89 bits per heavy atom. The highest BCUT2D eigenvalue weighted by molar-refractivity contribution is 7.86. The lowest BCUT2D eigenvalue weighted by Crippen LogP contribution is -2.19. The lowest BCUT2D eigenvalue weighted by atomic mass is 10.2. The number of alkyl halides is 1. The molecule has 0 aromatic heterocycles. The van der Waals surface area contributed by atoms with Crippen molar-refractivity contribution in [1.29, 1.82) is 0 Å². The van der Waals surface area contributed by atoms with E-state index in [1.165, 1.54) is 19.1 Å². The number of hydrogen-bond donors (Lipinski definition) is 0. The third-order valence-corrected chi connectivity index (χ3v) is 3.47. The number of benzene rings is 1. The van der Waals surface area contributed by atoms with E-state index in [-0.39, 0.29) is 4.90 Å². The molecule has 1 aromatic rings.